The molecule has 5 heterocycles. The summed E-state index contributed by atoms with van der Waals surface area (Å²) in [6.45, 7) is 13.3. The number of aryl methyl sites for hydroxylation is 2. The van der Waals surface area contributed by atoms with E-state index in [1.54, 1.807) is 7.11 Å². The maximum absolute atomic E-state index is 8.91. The normalized spacial score (nSPS) is 19.7. The van der Waals surface area contributed by atoms with Crippen molar-refractivity contribution in [2.24, 2.45) is 0 Å². The molecule has 0 fully saturated rings. The molecular formula is C62H72N4O5P+. The zero-order valence-corrected chi connectivity index (χ0v) is 44.4. The molecule has 10 rings (SSSR count). The molecule has 0 radical (unpaired) electrons. The second-order valence-electron chi connectivity index (χ2n) is 21.3. The summed E-state index contributed by atoms with van der Waals surface area (Å²) < 4.78 is 36.4. The molecule has 5 aliphatic rings. The van der Waals surface area contributed by atoms with Crippen molar-refractivity contribution in [1.82, 2.24) is 4.67 Å². The van der Waals surface area contributed by atoms with Crippen LogP contribution in [0.4, 0.5) is 11.4 Å². The predicted molar refractivity (Wildman–Crippen MR) is 289 cm³/mol. The molecule has 9 nitrogen and oxygen atoms in total. The Bertz CT molecular complexity index is 2840. The predicted octanol–water partition coefficient (Wildman–Crippen LogP) is 13.0. The van der Waals surface area contributed by atoms with Gasteiger partial charge in [0.05, 0.1) is 50.4 Å². The summed E-state index contributed by atoms with van der Waals surface area (Å²) in [5.41, 5.74) is 16.0. The van der Waals surface area contributed by atoms with Gasteiger partial charge in [-0.3, -0.25) is 0 Å². The lowest BCUT2D eigenvalue weighted by Crippen LogP contribution is -2.47. The number of benzene rings is 5. The fourth-order valence-electron chi connectivity index (χ4n) is 12.3. The van der Waals surface area contributed by atoms with Gasteiger partial charge in [-0.1, -0.05) is 105 Å². The molecule has 5 aromatic carbocycles. The molecule has 5 aromatic rings. The zero-order valence-electron chi connectivity index (χ0n) is 43.5. The van der Waals surface area contributed by atoms with E-state index < -0.39 is 14.1 Å². The second kappa shape index (κ2) is 21.2. The first-order chi connectivity index (χ1) is 34.9. The van der Waals surface area contributed by atoms with E-state index in [1.165, 1.54) is 56.2 Å². The highest BCUT2D eigenvalue weighted by Crippen LogP contribution is 2.55. The van der Waals surface area contributed by atoms with Gasteiger partial charge in [0, 0.05) is 59.1 Å². The number of unbranched alkanes of at least 4 members (excludes halogenated alkanes) is 2. The summed E-state index contributed by atoms with van der Waals surface area (Å²) >= 11 is 0. The molecule has 0 aliphatic carbocycles. The van der Waals surface area contributed by atoms with Gasteiger partial charge in [-0.25, -0.2) is 4.67 Å². The third kappa shape index (κ3) is 9.40. The van der Waals surface area contributed by atoms with E-state index in [0.29, 0.717) is 26.2 Å². The lowest BCUT2D eigenvalue weighted by molar-refractivity contribution is -0.445. The number of ether oxygens (including phenoxy) is 3. The van der Waals surface area contributed by atoms with Gasteiger partial charge in [-0.15, -0.1) is 0 Å². The number of hydrogen-bond donors (Lipinski definition) is 0. The van der Waals surface area contributed by atoms with Crippen LogP contribution in [0.5, 0.6) is 5.75 Å². The van der Waals surface area contributed by atoms with Gasteiger partial charge in [-0.05, 0) is 137 Å². The Balaban J connectivity index is 0.835. The van der Waals surface area contributed by atoms with Crippen LogP contribution >= 0.6 is 8.53 Å². The number of methoxy groups -OCH3 is 1. The topological polar surface area (TPSA) is 79.4 Å². The molecule has 0 spiro atoms. The summed E-state index contributed by atoms with van der Waals surface area (Å²) in [4.78, 5) is 2.61. The Kier molecular flexibility index (Phi) is 14.8. The first kappa shape index (κ1) is 50.1. The average Bonchev–Trinajstić information content (AvgIpc) is 3.77. The van der Waals surface area contributed by atoms with Crippen LogP contribution in [0.2, 0.25) is 0 Å². The maximum Gasteiger partial charge on any atom is 0.258 e. The van der Waals surface area contributed by atoms with E-state index in [0.717, 1.165) is 86.9 Å². The summed E-state index contributed by atoms with van der Waals surface area (Å²) in [5.74, 6) is 0.827. The highest BCUT2D eigenvalue weighted by molar-refractivity contribution is 7.44. The number of fused-ring (bicyclic) bond motifs is 8. The summed E-state index contributed by atoms with van der Waals surface area (Å²) in [6, 6.07) is 46.2. The van der Waals surface area contributed by atoms with Crippen molar-refractivity contribution in [2.45, 2.75) is 114 Å². The van der Waals surface area contributed by atoms with Crippen LogP contribution in [0.25, 0.3) is 0 Å². The van der Waals surface area contributed by atoms with E-state index in [4.69, 9.17) is 28.5 Å². The molecule has 10 heteroatoms. The lowest BCUT2D eigenvalue weighted by Gasteiger charge is -2.42. The van der Waals surface area contributed by atoms with Crippen molar-refractivity contribution in [3.8, 4) is 11.8 Å². The molecule has 5 aliphatic heterocycles. The number of nitriles is 1. The van der Waals surface area contributed by atoms with Crippen molar-refractivity contribution >= 4 is 25.6 Å². The largest absolute Gasteiger partial charge is 0.497 e. The third-order valence-electron chi connectivity index (χ3n) is 15.7. The molecule has 72 heavy (non-hydrogen) atoms. The SMILES string of the molecule is COc1ccc(C(OCCCCc2ccc3c(c2)C(C)(C)C2=[N+]3CCC3OC4CCN5C(=C4C=C23)C(C)(C)c2cc(CCCCOP(OCCC#N)N(C)C)ccc25)(c2ccccc2)c2ccccc2)cc1. The van der Waals surface area contributed by atoms with Crippen molar-refractivity contribution in [1.29, 1.82) is 5.26 Å². The van der Waals surface area contributed by atoms with Crippen molar-refractivity contribution < 1.29 is 27.8 Å². The molecule has 0 bridgehead atoms. The van der Waals surface area contributed by atoms with Crippen LogP contribution in [-0.2, 0) is 47.8 Å². The average molecular weight is 984 g/mol. The molecule has 0 aromatic heterocycles. The molecule has 0 saturated heterocycles. The van der Waals surface area contributed by atoms with Gasteiger partial charge in [0.2, 0.25) is 5.69 Å². The van der Waals surface area contributed by atoms with Crippen LogP contribution in [0, 0.1) is 11.3 Å². The Hall–Kier alpha value is -5.43. The van der Waals surface area contributed by atoms with Gasteiger partial charge in [0.15, 0.2) is 12.3 Å². The first-order valence-corrected chi connectivity index (χ1v) is 27.4. The minimum Gasteiger partial charge on any atom is -0.497 e. The van der Waals surface area contributed by atoms with Crippen molar-refractivity contribution in [3.05, 3.63) is 183 Å². The van der Waals surface area contributed by atoms with Crippen LogP contribution in [-0.4, -0.2) is 81.3 Å². The zero-order chi connectivity index (χ0) is 50.0. The number of nitrogens with zero attached hydrogens (tertiary/aromatic N) is 4. The van der Waals surface area contributed by atoms with Gasteiger partial charge in [-0.2, -0.15) is 9.84 Å². The Morgan fingerprint density at radius 1 is 0.736 bits per heavy atom. The Morgan fingerprint density at radius 3 is 2.04 bits per heavy atom. The number of anilines is 1. The molecule has 3 atom stereocenters. The molecular weight excluding hydrogens is 912 g/mol. The van der Waals surface area contributed by atoms with Crippen LogP contribution in [0.3, 0.4) is 0 Å². The molecule has 374 valence electrons. The molecule has 0 saturated carbocycles. The summed E-state index contributed by atoms with van der Waals surface area (Å²) in [5, 5.41) is 8.91. The van der Waals surface area contributed by atoms with Gasteiger partial charge < -0.3 is 28.2 Å². The fourth-order valence-corrected chi connectivity index (χ4v) is 13.4. The summed E-state index contributed by atoms with van der Waals surface area (Å²) in [7, 11) is 4.50. The van der Waals surface area contributed by atoms with Crippen LogP contribution < -0.4 is 9.64 Å². The lowest BCUT2D eigenvalue weighted by atomic mass is 9.73. The van der Waals surface area contributed by atoms with E-state index in [9.17, 15) is 0 Å². The smallest absolute Gasteiger partial charge is 0.258 e. The Labute approximate surface area is 429 Å². The molecule has 3 unspecified atom stereocenters. The van der Waals surface area contributed by atoms with E-state index in [-0.39, 0.29) is 23.0 Å². The minimum atomic E-state index is -1.14. The number of rotatable bonds is 20. The van der Waals surface area contributed by atoms with Gasteiger partial charge in [0.1, 0.15) is 11.4 Å². The number of hydrogen-bond acceptors (Lipinski definition) is 8. The van der Waals surface area contributed by atoms with Crippen molar-refractivity contribution in [3.63, 3.8) is 0 Å². The van der Waals surface area contributed by atoms with E-state index >= 15 is 0 Å². The maximum atomic E-state index is 8.91. The van der Waals surface area contributed by atoms with E-state index in [2.05, 4.69) is 159 Å². The highest BCUT2D eigenvalue weighted by atomic mass is 31.2. The highest BCUT2D eigenvalue weighted by Gasteiger charge is 2.54. The standard InChI is InChI=1S/C62H72N4O5P/c1-60(2)52-41-44(19-14-16-38-68-62(46-21-10-8-11-22-46,47-23-12-9-13-24-47)48-27-29-49(67-7)30-28-48)25-31-54(52)65-36-33-56-50(58(60)65)43-51-57(71-56)34-37-66-55-32-26-45(42-53(55)61(3,4)59(51)66)20-15-17-39-69-72(64(5)6)70-40-18-35-63/h8-13,21-32,41-43,56-57H,14-20,33-34,36-40H2,1-7H3/q+1. The summed E-state index contributed by atoms with van der Waals surface area (Å²) in [6.07, 6.45) is 11.1. The Morgan fingerprint density at radius 2 is 1.38 bits per heavy atom. The number of allylic oxidation sites excluding steroid dienone is 1. The molecule has 0 N–H and O–H groups in total. The molecule has 0 amide bonds. The third-order valence-corrected chi connectivity index (χ3v) is 17.2. The van der Waals surface area contributed by atoms with Crippen molar-refractivity contribution in [2.75, 3.05) is 59.0 Å². The first-order valence-electron chi connectivity index (χ1n) is 26.3. The van der Waals surface area contributed by atoms with Crippen LogP contribution in [0.1, 0.15) is 112 Å². The van der Waals surface area contributed by atoms with Gasteiger partial charge >= 0.3 is 0 Å². The van der Waals surface area contributed by atoms with E-state index in [1.807, 2.05) is 30.9 Å². The monoisotopic (exact) mass is 984 g/mol. The quantitative estimate of drug-likeness (QED) is 0.0330. The van der Waals surface area contributed by atoms with Gasteiger partial charge in [0.25, 0.3) is 8.53 Å². The minimum absolute atomic E-state index is 0.0999. The van der Waals surface area contributed by atoms with Crippen LogP contribution in [0.15, 0.2) is 144 Å². The second-order valence-corrected chi connectivity index (χ2v) is 23.1. The fraction of sp³-hybridized carbons (Fsp3) is 0.419.